The van der Waals surface area contributed by atoms with Crippen molar-refractivity contribution in [3.63, 3.8) is 0 Å². The second-order valence-corrected chi connectivity index (χ2v) is 8.82. The van der Waals surface area contributed by atoms with Crippen molar-refractivity contribution in [3.8, 4) is 17.4 Å². The topological polar surface area (TPSA) is 83.8 Å². The van der Waals surface area contributed by atoms with Gasteiger partial charge in [-0.15, -0.1) is 0 Å². The lowest BCUT2D eigenvalue weighted by molar-refractivity contribution is 0.0997. The summed E-state index contributed by atoms with van der Waals surface area (Å²) in [5.74, 6) is 1.95. The van der Waals surface area contributed by atoms with E-state index < -0.39 is 6.10 Å². The van der Waals surface area contributed by atoms with Gasteiger partial charge in [-0.1, -0.05) is 52.3 Å². The molecule has 4 aromatic rings. The summed E-state index contributed by atoms with van der Waals surface area (Å²) in [5.41, 5.74) is 1.04. The quantitative estimate of drug-likeness (QED) is 0.264. The monoisotopic (exact) mass is 522 g/mol. The van der Waals surface area contributed by atoms with Gasteiger partial charge in [-0.2, -0.15) is 0 Å². The highest BCUT2D eigenvalue weighted by atomic mass is 79.9. The van der Waals surface area contributed by atoms with Crippen LogP contribution in [-0.4, -0.2) is 47.1 Å². The smallest absolute Gasteiger partial charge is 0.227 e. The van der Waals surface area contributed by atoms with Gasteiger partial charge in [0.1, 0.15) is 24.2 Å². The Morgan fingerprint density at radius 1 is 0.882 bits per heavy atom. The van der Waals surface area contributed by atoms with Crippen molar-refractivity contribution < 1.29 is 19.7 Å². The van der Waals surface area contributed by atoms with Gasteiger partial charge in [0.15, 0.2) is 0 Å². The number of hydrogen-bond donors (Lipinski definition) is 3. The molecule has 0 fully saturated rings. The minimum Gasteiger partial charge on any atom is -0.491 e. The van der Waals surface area contributed by atoms with Crippen molar-refractivity contribution in [2.24, 2.45) is 0 Å². The Hall–Kier alpha value is -2.97. The van der Waals surface area contributed by atoms with Crippen LogP contribution in [0, 0.1) is 0 Å². The predicted molar refractivity (Wildman–Crippen MR) is 136 cm³/mol. The fourth-order valence-corrected chi connectivity index (χ4v) is 4.08. The Bertz CT molecular complexity index is 1190. The van der Waals surface area contributed by atoms with E-state index in [4.69, 9.17) is 9.47 Å². The van der Waals surface area contributed by atoms with E-state index in [0.717, 1.165) is 20.8 Å². The summed E-state index contributed by atoms with van der Waals surface area (Å²) in [5, 5.41) is 25.1. The van der Waals surface area contributed by atoms with E-state index in [1.807, 2.05) is 78.9 Å². The molecule has 0 spiro atoms. The zero-order valence-electron chi connectivity index (χ0n) is 18.6. The number of aliphatic hydroxyl groups excluding tert-OH is 2. The van der Waals surface area contributed by atoms with Gasteiger partial charge in [-0.25, -0.2) is 4.98 Å². The van der Waals surface area contributed by atoms with Crippen LogP contribution in [0.15, 0.2) is 89.5 Å². The number of aliphatic hydroxyl groups is 2. The molecule has 0 aliphatic carbocycles. The van der Waals surface area contributed by atoms with Crippen molar-refractivity contribution in [3.05, 3.63) is 95.1 Å². The molecule has 3 aromatic carbocycles. The van der Waals surface area contributed by atoms with Crippen LogP contribution in [0.3, 0.4) is 0 Å². The molecule has 3 N–H and O–H groups in total. The molecular formula is C27H27BrN2O4. The summed E-state index contributed by atoms with van der Waals surface area (Å²) < 4.78 is 12.6. The molecule has 0 saturated heterocycles. The first-order valence-electron chi connectivity index (χ1n) is 11.1. The molecule has 34 heavy (non-hydrogen) atoms. The molecule has 7 heteroatoms. The lowest BCUT2D eigenvalue weighted by atomic mass is 10.1. The molecule has 1 aromatic heterocycles. The van der Waals surface area contributed by atoms with Crippen molar-refractivity contribution >= 4 is 26.7 Å². The van der Waals surface area contributed by atoms with E-state index in [0.29, 0.717) is 30.3 Å². The number of nitrogens with one attached hydrogen (secondary N) is 1. The fourth-order valence-electron chi connectivity index (χ4n) is 3.59. The second kappa shape index (κ2) is 11.9. The highest BCUT2D eigenvalue weighted by Crippen LogP contribution is 2.31. The van der Waals surface area contributed by atoms with Gasteiger partial charge in [0.2, 0.25) is 5.88 Å². The maximum atomic E-state index is 10.2. The van der Waals surface area contributed by atoms with Crippen LogP contribution in [0.2, 0.25) is 0 Å². The van der Waals surface area contributed by atoms with Crippen molar-refractivity contribution in [2.75, 3.05) is 19.8 Å². The van der Waals surface area contributed by atoms with E-state index in [-0.39, 0.29) is 19.3 Å². The van der Waals surface area contributed by atoms with Crippen molar-refractivity contribution in [1.82, 2.24) is 10.3 Å². The number of halogens is 1. The Morgan fingerprint density at radius 3 is 2.44 bits per heavy atom. The van der Waals surface area contributed by atoms with Crippen LogP contribution in [0.1, 0.15) is 5.56 Å². The van der Waals surface area contributed by atoms with Crippen LogP contribution in [0.4, 0.5) is 0 Å². The van der Waals surface area contributed by atoms with E-state index >= 15 is 0 Å². The van der Waals surface area contributed by atoms with Gasteiger partial charge in [-0.05, 0) is 54.4 Å². The third-order valence-corrected chi connectivity index (χ3v) is 6.08. The van der Waals surface area contributed by atoms with Gasteiger partial charge in [-0.3, -0.25) is 0 Å². The van der Waals surface area contributed by atoms with Crippen LogP contribution in [0.5, 0.6) is 17.4 Å². The maximum absolute atomic E-state index is 10.2. The number of benzene rings is 3. The molecule has 1 heterocycles. The molecule has 6 nitrogen and oxygen atoms in total. The van der Waals surface area contributed by atoms with Crippen molar-refractivity contribution in [2.45, 2.75) is 18.6 Å². The number of hydrogen-bond acceptors (Lipinski definition) is 6. The first-order chi connectivity index (χ1) is 16.6. The molecule has 176 valence electrons. The van der Waals surface area contributed by atoms with Crippen LogP contribution < -0.4 is 14.8 Å². The van der Waals surface area contributed by atoms with Crippen molar-refractivity contribution in [1.29, 1.82) is 0 Å². The van der Waals surface area contributed by atoms with Gasteiger partial charge in [0.05, 0.1) is 6.61 Å². The summed E-state index contributed by atoms with van der Waals surface area (Å²) >= 11 is 3.56. The molecule has 0 bridgehead atoms. The van der Waals surface area contributed by atoms with E-state index in [1.165, 1.54) is 0 Å². The normalized spacial score (nSPS) is 12.9. The Labute approximate surface area is 207 Å². The first kappa shape index (κ1) is 24.2. The zero-order valence-corrected chi connectivity index (χ0v) is 20.2. The Morgan fingerprint density at radius 2 is 1.68 bits per heavy atom. The summed E-state index contributed by atoms with van der Waals surface area (Å²) in [4.78, 5) is 4.38. The van der Waals surface area contributed by atoms with Gasteiger partial charge >= 0.3 is 0 Å². The van der Waals surface area contributed by atoms with Gasteiger partial charge < -0.3 is 25.0 Å². The summed E-state index contributed by atoms with van der Waals surface area (Å²) in [6, 6.07) is 24.8. The average molecular weight is 523 g/mol. The molecule has 4 rings (SSSR count). The SMILES string of the molecule is OCC(Cc1ccc(Oc2nccc3c(Br)cccc23)cc1)NC[C@H](O)COc1ccccc1. The maximum Gasteiger partial charge on any atom is 0.227 e. The van der Waals surface area contributed by atoms with E-state index in [1.54, 1.807) is 6.20 Å². The molecule has 2 atom stereocenters. The van der Waals surface area contributed by atoms with Crippen LogP contribution in [0.25, 0.3) is 10.8 Å². The lowest BCUT2D eigenvalue weighted by Gasteiger charge is -2.19. The van der Waals surface area contributed by atoms with Gasteiger partial charge in [0, 0.05) is 34.0 Å². The number of nitrogens with zero attached hydrogens (tertiary/aromatic N) is 1. The number of fused-ring (bicyclic) bond motifs is 1. The summed E-state index contributed by atoms with van der Waals surface area (Å²) in [7, 11) is 0. The van der Waals surface area contributed by atoms with E-state index in [2.05, 4.69) is 26.2 Å². The van der Waals surface area contributed by atoms with Gasteiger partial charge in [0.25, 0.3) is 0 Å². The highest BCUT2D eigenvalue weighted by molar-refractivity contribution is 9.10. The number of pyridine rings is 1. The molecular weight excluding hydrogens is 496 g/mol. The fraction of sp³-hybridized carbons (Fsp3) is 0.222. The first-order valence-corrected chi connectivity index (χ1v) is 11.9. The largest absolute Gasteiger partial charge is 0.491 e. The minimum atomic E-state index is -0.682. The lowest BCUT2D eigenvalue weighted by Crippen LogP contribution is -2.41. The number of rotatable bonds is 11. The van der Waals surface area contributed by atoms with E-state index in [9.17, 15) is 10.2 Å². The summed E-state index contributed by atoms with van der Waals surface area (Å²) in [6.07, 6.45) is 1.66. The number of para-hydroxylation sites is 1. The molecule has 0 aliphatic heterocycles. The number of ether oxygens (including phenoxy) is 2. The third-order valence-electron chi connectivity index (χ3n) is 5.38. The average Bonchev–Trinajstić information content (AvgIpc) is 2.87. The Kier molecular flexibility index (Phi) is 8.49. The third kappa shape index (κ3) is 6.55. The predicted octanol–water partition coefficient (Wildman–Crippen LogP) is 4.72. The summed E-state index contributed by atoms with van der Waals surface area (Å²) in [6.45, 7) is 0.459. The number of aromatic nitrogens is 1. The molecule has 0 amide bonds. The van der Waals surface area contributed by atoms with Crippen LogP contribution in [-0.2, 0) is 6.42 Å². The van der Waals surface area contributed by atoms with Crippen LogP contribution >= 0.6 is 15.9 Å². The second-order valence-electron chi connectivity index (χ2n) is 7.97. The molecule has 0 saturated carbocycles. The highest BCUT2D eigenvalue weighted by Gasteiger charge is 2.13. The molecule has 0 aliphatic rings. The minimum absolute atomic E-state index is 0.0423. The molecule has 0 radical (unpaired) electrons. The standard InChI is InChI=1S/C27H27BrN2O4/c28-26-8-4-7-25-24(26)13-14-29-27(25)34-23-11-9-19(10-12-23)15-20(17-31)30-16-21(32)18-33-22-5-2-1-3-6-22/h1-14,20-21,30-32H,15-18H2/t20?,21-/m0/s1. The zero-order chi connectivity index (χ0) is 23.8. The molecule has 1 unspecified atom stereocenters. The Balaban J connectivity index is 1.29.